The van der Waals surface area contributed by atoms with E-state index in [0.717, 1.165) is 48.0 Å². The summed E-state index contributed by atoms with van der Waals surface area (Å²) in [6.45, 7) is 8.78. The Morgan fingerprint density at radius 1 is 1.35 bits per heavy atom. The zero-order valence-corrected chi connectivity index (χ0v) is 14.0. The molecule has 1 saturated carbocycles. The molecule has 1 N–H and O–H groups in total. The van der Waals surface area contributed by atoms with Crippen LogP contribution >= 0.6 is 11.6 Å². The zero-order valence-electron chi connectivity index (χ0n) is 13.2. The lowest BCUT2D eigenvalue weighted by Gasteiger charge is -2.21. The van der Waals surface area contributed by atoms with Crippen LogP contribution in [0.1, 0.15) is 44.5 Å². The maximum absolute atomic E-state index is 6.39. The first kappa shape index (κ1) is 15.8. The van der Waals surface area contributed by atoms with E-state index in [1.165, 1.54) is 25.0 Å². The van der Waals surface area contributed by atoms with Crippen LogP contribution in [0.15, 0.2) is 0 Å². The summed E-state index contributed by atoms with van der Waals surface area (Å²) in [5.41, 5.74) is 2.17. The molecule has 0 bridgehead atoms. The van der Waals surface area contributed by atoms with E-state index in [1.807, 2.05) is 18.7 Å². The first-order valence-electron chi connectivity index (χ1n) is 7.87. The summed E-state index contributed by atoms with van der Waals surface area (Å²) in [7, 11) is 2.01. The molecule has 1 fully saturated rings. The highest BCUT2D eigenvalue weighted by Gasteiger charge is 2.29. The lowest BCUT2D eigenvalue weighted by Crippen LogP contribution is -2.29. The van der Waals surface area contributed by atoms with Crippen LogP contribution in [0.2, 0.25) is 5.02 Å². The highest BCUT2D eigenvalue weighted by molar-refractivity contribution is 6.31. The highest BCUT2D eigenvalue weighted by Crippen LogP contribution is 2.35. The molecule has 1 aliphatic rings. The molecular weight excluding hydrogens is 270 g/mol. The molecule has 1 aliphatic carbocycles. The van der Waals surface area contributed by atoms with Gasteiger partial charge in [-0.15, -0.1) is 0 Å². The molecule has 0 amide bonds. The normalized spacial score (nSPS) is 22.9. The molecule has 3 nitrogen and oxygen atoms in total. The maximum Gasteiger partial charge on any atom is 0.0847 e. The average Bonchev–Trinajstić information content (AvgIpc) is 2.90. The summed E-state index contributed by atoms with van der Waals surface area (Å²) >= 11 is 6.39. The van der Waals surface area contributed by atoms with Gasteiger partial charge in [0, 0.05) is 7.05 Å². The van der Waals surface area contributed by atoms with Crippen LogP contribution in [-0.2, 0) is 13.5 Å². The predicted octanol–water partition coefficient (Wildman–Crippen LogP) is 3.59. The molecule has 4 heteroatoms. The number of nitrogens with one attached hydrogen (secondary N) is 1. The van der Waals surface area contributed by atoms with Gasteiger partial charge in [0.1, 0.15) is 0 Å². The van der Waals surface area contributed by atoms with Crippen molar-refractivity contribution in [3.05, 3.63) is 16.4 Å². The molecule has 114 valence electrons. The lowest BCUT2D eigenvalue weighted by molar-refractivity contribution is 0.352. The second-order valence-electron chi connectivity index (χ2n) is 6.68. The Bertz CT molecular complexity index is 439. The summed E-state index contributed by atoms with van der Waals surface area (Å²) in [6.07, 6.45) is 5.11. The quantitative estimate of drug-likeness (QED) is 0.870. The number of aryl methyl sites for hydroxylation is 2. The van der Waals surface area contributed by atoms with Crippen LogP contribution in [0.5, 0.6) is 0 Å². The van der Waals surface area contributed by atoms with E-state index >= 15 is 0 Å². The Hall–Kier alpha value is -0.540. The van der Waals surface area contributed by atoms with Gasteiger partial charge in [0.15, 0.2) is 0 Å². The topological polar surface area (TPSA) is 29.9 Å². The van der Waals surface area contributed by atoms with Crippen molar-refractivity contribution in [3.63, 3.8) is 0 Å². The van der Waals surface area contributed by atoms with Crippen molar-refractivity contribution in [3.8, 4) is 0 Å². The van der Waals surface area contributed by atoms with Crippen molar-refractivity contribution in [2.75, 3.05) is 13.1 Å². The molecule has 1 aromatic rings. The minimum atomic E-state index is 0.726. The summed E-state index contributed by atoms with van der Waals surface area (Å²) in [4.78, 5) is 0. The van der Waals surface area contributed by atoms with Crippen LogP contribution < -0.4 is 5.32 Å². The molecule has 2 rings (SSSR count). The molecule has 0 aliphatic heterocycles. The van der Waals surface area contributed by atoms with Gasteiger partial charge in [-0.2, -0.15) is 5.10 Å². The Morgan fingerprint density at radius 3 is 2.65 bits per heavy atom. The molecule has 1 heterocycles. The Morgan fingerprint density at radius 2 is 2.05 bits per heavy atom. The number of hydrogen-bond donors (Lipinski definition) is 1. The lowest BCUT2D eigenvalue weighted by atomic mass is 9.91. The fourth-order valence-electron chi connectivity index (χ4n) is 3.36. The SMILES string of the molecule is Cc1nn(C)c(CC2CCCC2CNCC(C)C)c1Cl. The third-order valence-electron chi connectivity index (χ3n) is 4.49. The first-order chi connectivity index (χ1) is 9.49. The van der Waals surface area contributed by atoms with Crippen LogP contribution in [-0.4, -0.2) is 22.9 Å². The molecule has 20 heavy (non-hydrogen) atoms. The van der Waals surface area contributed by atoms with Gasteiger partial charge >= 0.3 is 0 Å². The third-order valence-corrected chi connectivity index (χ3v) is 4.98. The highest BCUT2D eigenvalue weighted by atomic mass is 35.5. The number of aromatic nitrogens is 2. The third kappa shape index (κ3) is 3.76. The van der Waals surface area contributed by atoms with Gasteiger partial charge in [-0.1, -0.05) is 31.9 Å². The van der Waals surface area contributed by atoms with Crippen molar-refractivity contribution < 1.29 is 0 Å². The van der Waals surface area contributed by atoms with E-state index < -0.39 is 0 Å². The van der Waals surface area contributed by atoms with Crippen molar-refractivity contribution >= 4 is 11.6 Å². The number of hydrogen-bond acceptors (Lipinski definition) is 2. The summed E-state index contributed by atoms with van der Waals surface area (Å²) < 4.78 is 1.97. The van der Waals surface area contributed by atoms with Gasteiger partial charge in [-0.3, -0.25) is 4.68 Å². The molecular formula is C16H28ClN3. The zero-order chi connectivity index (χ0) is 14.7. The molecule has 0 radical (unpaired) electrons. The van der Waals surface area contributed by atoms with Gasteiger partial charge in [0.25, 0.3) is 0 Å². The van der Waals surface area contributed by atoms with E-state index in [0.29, 0.717) is 0 Å². The Labute approximate surface area is 128 Å². The van der Waals surface area contributed by atoms with E-state index in [-0.39, 0.29) is 0 Å². The molecule has 2 unspecified atom stereocenters. The number of rotatable bonds is 6. The number of halogens is 1. The van der Waals surface area contributed by atoms with E-state index in [2.05, 4.69) is 24.3 Å². The van der Waals surface area contributed by atoms with Gasteiger partial charge in [-0.25, -0.2) is 0 Å². The van der Waals surface area contributed by atoms with Gasteiger partial charge < -0.3 is 5.32 Å². The summed E-state index contributed by atoms with van der Waals surface area (Å²) in [5.74, 6) is 2.27. The Kier molecular flexibility index (Phi) is 5.50. The Balaban J connectivity index is 1.94. The van der Waals surface area contributed by atoms with E-state index in [1.54, 1.807) is 0 Å². The van der Waals surface area contributed by atoms with Crippen molar-refractivity contribution in [2.45, 2.75) is 46.5 Å². The summed E-state index contributed by atoms with van der Waals surface area (Å²) in [5, 5.41) is 8.92. The predicted molar refractivity (Wildman–Crippen MR) is 85.2 cm³/mol. The van der Waals surface area contributed by atoms with E-state index in [9.17, 15) is 0 Å². The molecule has 1 aromatic heterocycles. The van der Waals surface area contributed by atoms with Gasteiger partial charge in [0.2, 0.25) is 0 Å². The minimum absolute atomic E-state index is 0.726. The number of nitrogens with zero attached hydrogens (tertiary/aromatic N) is 2. The molecule has 0 saturated heterocycles. The fraction of sp³-hybridized carbons (Fsp3) is 0.812. The standard InChI is InChI=1S/C16H28ClN3/c1-11(2)9-18-10-14-7-5-6-13(14)8-15-16(17)12(3)19-20(15)4/h11,13-14,18H,5-10H2,1-4H3. The molecule has 0 aromatic carbocycles. The fourth-order valence-corrected chi connectivity index (χ4v) is 3.60. The molecule has 0 spiro atoms. The summed E-state index contributed by atoms with van der Waals surface area (Å²) in [6, 6.07) is 0. The largest absolute Gasteiger partial charge is 0.316 e. The van der Waals surface area contributed by atoms with Crippen LogP contribution in [0.4, 0.5) is 0 Å². The maximum atomic E-state index is 6.39. The van der Waals surface area contributed by atoms with Crippen LogP contribution in [0, 0.1) is 24.7 Å². The van der Waals surface area contributed by atoms with Crippen LogP contribution in [0.3, 0.4) is 0 Å². The molecule has 2 atom stereocenters. The van der Waals surface area contributed by atoms with Crippen molar-refractivity contribution in [1.82, 2.24) is 15.1 Å². The van der Waals surface area contributed by atoms with E-state index in [4.69, 9.17) is 11.6 Å². The monoisotopic (exact) mass is 297 g/mol. The second-order valence-corrected chi connectivity index (χ2v) is 7.05. The van der Waals surface area contributed by atoms with Crippen molar-refractivity contribution in [2.24, 2.45) is 24.8 Å². The van der Waals surface area contributed by atoms with Gasteiger partial charge in [0.05, 0.1) is 16.4 Å². The minimum Gasteiger partial charge on any atom is -0.316 e. The first-order valence-corrected chi connectivity index (χ1v) is 8.25. The van der Waals surface area contributed by atoms with Crippen LogP contribution in [0.25, 0.3) is 0 Å². The van der Waals surface area contributed by atoms with Gasteiger partial charge in [-0.05, 0) is 57.0 Å². The van der Waals surface area contributed by atoms with Crippen molar-refractivity contribution in [1.29, 1.82) is 0 Å². The smallest absolute Gasteiger partial charge is 0.0847 e. The second kappa shape index (κ2) is 6.95. The average molecular weight is 298 g/mol.